The van der Waals surface area contributed by atoms with Crippen molar-refractivity contribution in [1.82, 2.24) is 5.43 Å². The predicted molar refractivity (Wildman–Crippen MR) is 102 cm³/mol. The number of rotatable bonds is 5. The third kappa shape index (κ3) is 5.45. The van der Waals surface area contributed by atoms with Crippen molar-refractivity contribution in [3.05, 3.63) is 64.7 Å². The molecule has 0 atom stereocenters. The van der Waals surface area contributed by atoms with E-state index < -0.39 is 0 Å². The Bertz CT molecular complexity index is 736. The van der Waals surface area contributed by atoms with E-state index in [1.165, 1.54) is 5.56 Å². The Kier molecular flexibility index (Phi) is 5.97. The molecule has 4 heteroatoms. The van der Waals surface area contributed by atoms with Gasteiger partial charge in [-0.3, -0.25) is 4.79 Å². The molecule has 0 radical (unpaired) electrons. The van der Waals surface area contributed by atoms with Crippen LogP contribution in [0.15, 0.2) is 47.6 Å². The van der Waals surface area contributed by atoms with Crippen LogP contribution in [0.4, 0.5) is 0 Å². The lowest BCUT2D eigenvalue weighted by Crippen LogP contribution is -2.25. The summed E-state index contributed by atoms with van der Waals surface area (Å²) in [5.74, 6) is 0.463. The average Bonchev–Trinajstić information content (AvgIpc) is 2.54. The van der Waals surface area contributed by atoms with E-state index in [1.54, 1.807) is 6.21 Å². The molecule has 132 valence electrons. The molecule has 0 aliphatic carbocycles. The monoisotopic (exact) mass is 338 g/mol. The number of carbonyl (C=O) groups excluding carboxylic acids is 1. The fraction of sp³-hybridized carbons (Fsp3) is 0.333. The van der Waals surface area contributed by atoms with Crippen LogP contribution >= 0.6 is 0 Å². The number of hydrogen-bond acceptors (Lipinski definition) is 3. The van der Waals surface area contributed by atoms with Gasteiger partial charge in [-0.2, -0.15) is 5.10 Å². The zero-order valence-electron chi connectivity index (χ0n) is 15.6. The molecular formula is C21H26N2O2. The van der Waals surface area contributed by atoms with E-state index in [2.05, 4.69) is 43.4 Å². The maximum Gasteiger partial charge on any atom is 0.277 e. The second-order valence-corrected chi connectivity index (χ2v) is 7.17. The first-order chi connectivity index (χ1) is 11.8. The number of para-hydroxylation sites is 1. The van der Waals surface area contributed by atoms with Crippen molar-refractivity contribution >= 4 is 12.1 Å². The Hall–Kier alpha value is -2.62. The van der Waals surface area contributed by atoms with E-state index in [4.69, 9.17) is 4.74 Å². The lowest BCUT2D eigenvalue weighted by atomic mass is 9.87. The number of carbonyl (C=O) groups is 1. The number of hydrazone groups is 1. The third-order valence-corrected chi connectivity index (χ3v) is 3.94. The Morgan fingerprint density at radius 2 is 1.68 bits per heavy atom. The van der Waals surface area contributed by atoms with Crippen molar-refractivity contribution in [2.75, 3.05) is 6.61 Å². The van der Waals surface area contributed by atoms with E-state index in [1.807, 2.05) is 44.2 Å². The molecule has 0 aliphatic rings. The minimum Gasteiger partial charge on any atom is -0.483 e. The molecule has 0 bridgehead atoms. The number of nitrogens with zero attached hydrogens (tertiary/aromatic N) is 1. The van der Waals surface area contributed by atoms with Gasteiger partial charge in [0, 0.05) is 0 Å². The van der Waals surface area contributed by atoms with Crippen LogP contribution in [0, 0.1) is 13.8 Å². The lowest BCUT2D eigenvalue weighted by Gasteiger charge is -2.18. The number of hydrogen-bond donors (Lipinski definition) is 1. The lowest BCUT2D eigenvalue weighted by molar-refractivity contribution is -0.123. The van der Waals surface area contributed by atoms with Crippen LogP contribution < -0.4 is 10.2 Å². The summed E-state index contributed by atoms with van der Waals surface area (Å²) >= 11 is 0. The Morgan fingerprint density at radius 3 is 2.24 bits per heavy atom. The number of aryl methyl sites for hydroxylation is 2. The second-order valence-electron chi connectivity index (χ2n) is 7.17. The fourth-order valence-electron chi connectivity index (χ4n) is 2.44. The minimum absolute atomic E-state index is 0.0635. The summed E-state index contributed by atoms with van der Waals surface area (Å²) < 4.78 is 5.60. The summed E-state index contributed by atoms with van der Waals surface area (Å²) in [5.41, 5.74) is 6.82. The molecule has 0 aliphatic heterocycles. The van der Waals surface area contributed by atoms with Crippen LogP contribution in [0.2, 0.25) is 0 Å². The van der Waals surface area contributed by atoms with Crippen molar-refractivity contribution in [3.63, 3.8) is 0 Å². The zero-order valence-corrected chi connectivity index (χ0v) is 15.6. The van der Waals surface area contributed by atoms with Crippen LogP contribution in [0.1, 0.15) is 43.0 Å². The molecular weight excluding hydrogens is 312 g/mol. The first-order valence-electron chi connectivity index (χ1n) is 8.39. The zero-order chi connectivity index (χ0) is 18.4. The van der Waals surface area contributed by atoms with Crippen molar-refractivity contribution in [2.24, 2.45) is 5.10 Å². The van der Waals surface area contributed by atoms with Gasteiger partial charge in [0.2, 0.25) is 0 Å². The van der Waals surface area contributed by atoms with Crippen LogP contribution in [0.25, 0.3) is 0 Å². The van der Waals surface area contributed by atoms with Crippen LogP contribution in [-0.4, -0.2) is 18.7 Å². The molecule has 2 aromatic rings. The topological polar surface area (TPSA) is 50.7 Å². The quantitative estimate of drug-likeness (QED) is 0.658. The largest absolute Gasteiger partial charge is 0.483 e. The molecule has 25 heavy (non-hydrogen) atoms. The smallest absolute Gasteiger partial charge is 0.277 e. The fourth-order valence-corrected chi connectivity index (χ4v) is 2.44. The number of nitrogens with one attached hydrogen (secondary N) is 1. The molecule has 0 fully saturated rings. The van der Waals surface area contributed by atoms with Crippen LogP contribution in [0.5, 0.6) is 5.75 Å². The van der Waals surface area contributed by atoms with Crippen LogP contribution in [-0.2, 0) is 10.2 Å². The summed E-state index contributed by atoms with van der Waals surface area (Å²) in [6.45, 7) is 10.4. The highest BCUT2D eigenvalue weighted by molar-refractivity contribution is 5.83. The van der Waals surface area contributed by atoms with Gasteiger partial charge in [0.05, 0.1) is 6.21 Å². The van der Waals surface area contributed by atoms with E-state index in [0.717, 1.165) is 22.4 Å². The van der Waals surface area contributed by atoms with Crippen LogP contribution in [0.3, 0.4) is 0 Å². The first kappa shape index (κ1) is 18.7. The molecule has 0 aromatic heterocycles. The maximum atomic E-state index is 11.9. The number of ether oxygens (including phenoxy) is 1. The average molecular weight is 338 g/mol. The number of amides is 1. The minimum atomic E-state index is -0.287. The van der Waals surface area contributed by atoms with E-state index >= 15 is 0 Å². The van der Waals surface area contributed by atoms with Gasteiger partial charge in [-0.25, -0.2) is 5.43 Å². The highest BCUT2D eigenvalue weighted by atomic mass is 16.5. The van der Waals surface area contributed by atoms with Gasteiger partial charge >= 0.3 is 0 Å². The third-order valence-electron chi connectivity index (χ3n) is 3.94. The molecule has 0 saturated carbocycles. The molecule has 2 rings (SSSR count). The summed E-state index contributed by atoms with van der Waals surface area (Å²) in [7, 11) is 0. The Morgan fingerprint density at radius 1 is 1.08 bits per heavy atom. The van der Waals surface area contributed by atoms with Crippen molar-refractivity contribution in [3.8, 4) is 5.75 Å². The Balaban J connectivity index is 1.86. The van der Waals surface area contributed by atoms with Gasteiger partial charge in [-0.1, -0.05) is 63.2 Å². The molecule has 4 nitrogen and oxygen atoms in total. The number of benzene rings is 2. The summed E-state index contributed by atoms with van der Waals surface area (Å²) in [6.07, 6.45) is 1.63. The normalized spacial score (nSPS) is 11.6. The van der Waals surface area contributed by atoms with E-state index in [-0.39, 0.29) is 17.9 Å². The highest BCUT2D eigenvalue weighted by Gasteiger charge is 2.12. The second kappa shape index (κ2) is 7.97. The first-order valence-corrected chi connectivity index (χ1v) is 8.39. The molecule has 0 unspecified atom stereocenters. The standard InChI is InChI=1S/C21H26N2O2/c1-15-7-6-8-16(2)20(15)25-14-19(24)23-22-13-17-9-11-18(12-10-17)21(3,4)5/h6-13H,14H2,1-5H3,(H,23,24). The van der Waals surface area contributed by atoms with Gasteiger partial charge in [-0.05, 0) is 41.5 Å². The van der Waals surface area contributed by atoms with Crippen molar-refractivity contribution in [2.45, 2.75) is 40.0 Å². The predicted octanol–water partition coefficient (Wildman–Crippen LogP) is 4.13. The molecule has 0 saturated heterocycles. The van der Waals surface area contributed by atoms with E-state index in [0.29, 0.717) is 0 Å². The summed E-state index contributed by atoms with van der Waals surface area (Å²) in [6, 6.07) is 14.0. The van der Waals surface area contributed by atoms with Gasteiger partial charge in [0.15, 0.2) is 6.61 Å². The van der Waals surface area contributed by atoms with Gasteiger partial charge < -0.3 is 4.74 Å². The molecule has 1 N–H and O–H groups in total. The van der Waals surface area contributed by atoms with Gasteiger partial charge in [-0.15, -0.1) is 0 Å². The summed E-state index contributed by atoms with van der Waals surface area (Å²) in [5, 5.41) is 3.99. The van der Waals surface area contributed by atoms with Gasteiger partial charge in [0.1, 0.15) is 5.75 Å². The van der Waals surface area contributed by atoms with Crippen molar-refractivity contribution < 1.29 is 9.53 Å². The molecule has 1 amide bonds. The molecule has 2 aromatic carbocycles. The van der Waals surface area contributed by atoms with Gasteiger partial charge in [0.25, 0.3) is 5.91 Å². The Labute approximate surface area is 149 Å². The molecule has 0 spiro atoms. The maximum absolute atomic E-state index is 11.9. The highest BCUT2D eigenvalue weighted by Crippen LogP contribution is 2.22. The molecule has 0 heterocycles. The summed E-state index contributed by atoms with van der Waals surface area (Å²) in [4.78, 5) is 11.9. The SMILES string of the molecule is Cc1cccc(C)c1OCC(=O)NN=Cc1ccc(C(C)(C)C)cc1. The van der Waals surface area contributed by atoms with Crippen molar-refractivity contribution in [1.29, 1.82) is 0 Å². The van der Waals surface area contributed by atoms with E-state index in [9.17, 15) is 4.79 Å².